The Morgan fingerprint density at radius 3 is 1.80 bits per heavy atom. The van der Waals surface area contributed by atoms with Crippen molar-refractivity contribution >= 4 is 9.05 Å². The first-order valence-electron chi connectivity index (χ1n) is 2.57. The van der Waals surface area contributed by atoms with Crippen LogP contribution in [0.15, 0.2) is 0 Å². The van der Waals surface area contributed by atoms with Crippen LogP contribution in [0.5, 0.6) is 0 Å². The van der Waals surface area contributed by atoms with E-state index in [0.717, 1.165) is 32.7 Å². The maximum atomic E-state index is 8.91. The summed E-state index contributed by atoms with van der Waals surface area (Å²) in [4.78, 5) is 30.6. The fraction of sp³-hybridized carbons (Fsp3) is 1.00. The van der Waals surface area contributed by atoms with Crippen molar-refractivity contribution in [3.05, 3.63) is 0 Å². The third-order valence-electron chi connectivity index (χ3n) is 0.348. The molecule has 0 aromatic carbocycles. The molecule has 0 rings (SSSR count). The minimum atomic E-state index is -4.86. The Kier molecular flexibility index (Phi) is 10.9. The Hall–Kier alpha value is 0.952. The molecule has 0 aromatic heterocycles. The molecule has 0 atom stereocenters. The Morgan fingerprint density at radius 1 is 1.50 bits per heavy atom. The van der Waals surface area contributed by atoms with Crippen molar-refractivity contribution in [2.45, 2.75) is 3.93 Å². The van der Waals surface area contributed by atoms with Crippen molar-refractivity contribution in [2.24, 2.45) is 0 Å². The smallest absolute Gasteiger partial charge is 0.404 e. The van der Waals surface area contributed by atoms with Gasteiger partial charge in [-0.05, 0) is 0 Å². The second-order valence-electron chi connectivity index (χ2n) is 1.42. The molecule has 0 saturated heterocycles. The molecule has 10 heavy (non-hydrogen) atoms. The molecule has 0 aromatic rings. The van der Waals surface area contributed by atoms with E-state index >= 15 is 0 Å². The number of methoxy groups -OCH3 is 1. The van der Waals surface area contributed by atoms with Crippen molar-refractivity contribution in [3.63, 3.8) is 0 Å². The standard InChI is InChI=1S/C3H7O.Hg.H3O4Si/c1-3-4-2;;1-5(2,3)4/h1,3H2,2H3;;1-3H/q;+1;-1. The third-order valence-corrected chi connectivity index (χ3v) is 1.47. The van der Waals surface area contributed by atoms with E-state index in [1.54, 1.807) is 7.11 Å². The zero-order valence-corrected chi connectivity index (χ0v) is 12.3. The van der Waals surface area contributed by atoms with Gasteiger partial charge in [0.05, 0.1) is 0 Å². The fourth-order valence-corrected chi connectivity index (χ4v) is 1.27. The zero-order chi connectivity index (χ0) is 8.62. The van der Waals surface area contributed by atoms with Gasteiger partial charge < -0.3 is 19.2 Å². The van der Waals surface area contributed by atoms with Gasteiger partial charge in [0.1, 0.15) is 0 Å². The second kappa shape index (κ2) is 8.05. The van der Waals surface area contributed by atoms with Gasteiger partial charge in [0.15, 0.2) is 0 Å². The van der Waals surface area contributed by atoms with E-state index in [2.05, 4.69) is 0 Å². The van der Waals surface area contributed by atoms with Crippen LogP contribution in [0.3, 0.4) is 0 Å². The molecule has 58 valence electrons. The molecule has 0 spiro atoms. The summed E-state index contributed by atoms with van der Waals surface area (Å²) in [6, 6.07) is 0. The van der Waals surface area contributed by atoms with Gasteiger partial charge in [-0.3, -0.25) is 0 Å². The first-order valence-corrected chi connectivity index (χ1v) is 8.21. The van der Waals surface area contributed by atoms with Crippen LogP contribution in [-0.4, -0.2) is 37.2 Å². The van der Waals surface area contributed by atoms with E-state index in [-0.39, 0.29) is 0 Å². The van der Waals surface area contributed by atoms with Crippen molar-refractivity contribution in [2.75, 3.05) is 13.7 Å². The summed E-state index contributed by atoms with van der Waals surface area (Å²) in [6.45, 7) is 0.975. The molecule has 0 unspecified atom stereocenters. The van der Waals surface area contributed by atoms with Gasteiger partial charge in [0.25, 0.3) is 0 Å². The van der Waals surface area contributed by atoms with E-state index in [0.29, 0.717) is 0 Å². The maximum Gasteiger partial charge on any atom is 0.404 e. The summed E-state index contributed by atoms with van der Waals surface area (Å²) in [7, 11) is -3.12. The Morgan fingerprint density at radius 2 is 1.80 bits per heavy atom. The molecule has 0 aliphatic rings. The van der Waals surface area contributed by atoms with E-state index in [1.165, 1.54) is 3.93 Å². The SMILES string of the molecule is COC[CH2][Hg+].[O-][Si](O)(O)O. The van der Waals surface area contributed by atoms with Crippen molar-refractivity contribution in [1.82, 2.24) is 0 Å². The molecule has 0 heterocycles. The van der Waals surface area contributed by atoms with Crippen LogP contribution in [0.2, 0.25) is 3.93 Å². The molecule has 5 nitrogen and oxygen atoms in total. The third kappa shape index (κ3) is 65.0. The van der Waals surface area contributed by atoms with Crippen molar-refractivity contribution < 1.29 is 50.0 Å². The average molecular weight is 355 g/mol. The molecule has 0 radical (unpaired) electrons. The topological polar surface area (TPSA) is 93.0 Å². The van der Waals surface area contributed by atoms with Crippen molar-refractivity contribution in [3.8, 4) is 0 Å². The van der Waals surface area contributed by atoms with Gasteiger partial charge in [0.2, 0.25) is 0 Å². The van der Waals surface area contributed by atoms with Gasteiger partial charge in [-0.15, -0.1) is 0 Å². The van der Waals surface area contributed by atoms with E-state index in [1.807, 2.05) is 0 Å². The molecular weight excluding hydrogens is 345 g/mol. The summed E-state index contributed by atoms with van der Waals surface area (Å²) in [5.74, 6) is 0. The summed E-state index contributed by atoms with van der Waals surface area (Å²) >= 11 is 0.948. The van der Waals surface area contributed by atoms with Gasteiger partial charge >= 0.3 is 57.6 Å². The molecule has 7 heteroatoms. The van der Waals surface area contributed by atoms with E-state index in [4.69, 9.17) is 23.9 Å². The minimum absolute atomic E-state index is 0.948. The zero-order valence-electron chi connectivity index (χ0n) is 5.78. The summed E-state index contributed by atoms with van der Waals surface area (Å²) in [5.41, 5.74) is 0. The molecule has 0 fully saturated rings. The number of hydrogen-bond acceptors (Lipinski definition) is 5. The summed E-state index contributed by atoms with van der Waals surface area (Å²) < 4.78 is 6.06. The molecule has 3 N–H and O–H groups in total. The number of hydrogen-bond donors (Lipinski definition) is 3. The van der Waals surface area contributed by atoms with Gasteiger partial charge in [-0.1, -0.05) is 0 Å². The Bertz CT molecular complexity index is 56.4. The number of rotatable bonds is 2. The molecule has 0 bridgehead atoms. The number of ether oxygens (including phenoxy) is 1. The predicted octanol–water partition coefficient (Wildman–Crippen LogP) is -2.64. The molecule has 0 aliphatic carbocycles. The second-order valence-corrected chi connectivity index (χ2v) is 5.32. The van der Waals surface area contributed by atoms with Crippen LogP contribution >= 0.6 is 0 Å². The van der Waals surface area contributed by atoms with Crippen LogP contribution < -0.4 is 4.80 Å². The predicted molar refractivity (Wildman–Crippen MR) is 29.1 cm³/mol. The molecule has 0 amide bonds. The van der Waals surface area contributed by atoms with E-state index < -0.39 is 9.05 Å². The monoisotopic (exact) mass is 356 g/mol. The van der Waals surface area contributed by atoms with Gasteiger partial charge in [-0.2, -0.15) is 0 Å². The molecular formula is C3H10HgO5Si. The largest absolute Gasteiger partial charge is 0.794 e. The molecule has 0 saturated carbocycles. The summed E-state index contributed by atoms with van der Waals surface area (Å²) in [5, 5.41) is 0. The van der Waals surface area contributed by atoms with Gasteiger partial charge in [-0.25, -0.2) is 0 Å². The first kappa shape index (κ1) is 13.5. The van der Waals surface area contributed by atoms with Crippen LogP contribution in [-0.2, 0) is 30.9 Å². The molecule has 0 aliphatic heterocycles. The average Bonchev–Trinajstić information content (AvgIpc) is 1.63. The van der Waals surface area contributed by atoms with E-state index in [9.17, 15) is 0 Å². The Balaban J connectivity index is 0. The maximum absolute atomic E-state index is 8.91. The minimum Gasteiger partial charge on any atom is -0.794 e. The van der Waals surface area contributed by atoms with Gasteiger partial charge in [0, 0.05) is 0 Å². The first-order chi connectivity index (χ1) is 4.41. The normalized spacial score (nSPS) is 10.3. The van der Waals surface area contributed by atoms with Crippen LogP contribution in [0.4, 0.5) is 0 Å². The van der Waals surface area contributed by atoms with Crippen LogP contribution in [0.1, 0.15) is 0 Å². The van der Waals surface area contributed by atoms with Crippen LogP contribution in [0.25, 0.3) is 0 Å². The fourth-order valence-electron chi connectivity index (χ4n) is 0.144. The Labute approximate surface area is 76.7 Å². The van der Waals surface area contributed by atoms with Crippen LogP contribution in [0, 0.1) is 0 Å². The quantitative estimate of drug-likeness (QED) is 0.471. The van der Waals surface area contributed by atoms with Crippen molar-refractivity contribution in [1.29, 1.82) is 0 Å². The summed E-state index contributed by atoms with van der Waals surface area (Å²) in [6.07, 6.45) is 0.